The molecule has 0 aliphatic rings. The molecule has 0 atom stereocenters. The molecule has 0 aliphatic heterocycles. The van der Waals surface area contributed by atoms with E-state index in [4.69, 9.17) is 11.2 Å². The Hall–Kier alpha value is -0.440. The van der Waals surface area contributed by atoms with Gasteiger partial charge < -0.3 is 4.74 Å². The van der Waals surface area contributed by atoms with Crippen molar-refractivity contribution in [3.63, 3.8) is 0 Å². The van der Waals surface area contributed by atoms with Crippen LogP contribution in [-0.2, 0) is 4.74 Å². The van der Waals surface area contributed by atoms with Crippen LogP contribution < -0.4 is 0 Å². The lowest BCUT2D eigenvalue weighted by molar-refractivity contribution is 0.205. The molecule has 0 saturated heterocycles. The predicted molar refractivity (Wildman–Crippen MR) is 36.4 cm³/mol. The fraction of sp³-hybridized carbons (Fsp3) is 0.333. The molecule has 42 valence electrons. The van der Waals surface area contributed by atoms with Gasteiger partial charge in [-0.3, -0.25) is 0 Å². The molecule has 0 fully saturated rings. The third kappa shape index (κ3) is 5.56. The summed E-state index contributed by atoms with van der Waals surface area (Å²) in [5, 5.41) is 0. The second-order valence-corrected chi connectivity index (χ2v) is 1.36. The number of terminal acetylenes is 1. The summed E-state index contributed by atoms with van der Waals surface area (Å²) in [7, 11) is 0. The highest BCUT2D eigenvalue weighted by Crippen LogP contribution is 1.72. The van der Waals surface area contributed by atoms with Crippen LogP contribution in [0.5, 0.6) is 0 Å². The molecule has 1 nitrogen and oxygen atoms in total. The lowest BCUT2D eigenvalue weighted by atomic mass is 10.7. The van der Waals surface area contributed by atoms with Gasteiger partial charge in [0.25, 0.3) is 0 Å². The van der Waals surface area contributed by atoms with Gasteiger partial charge >= 0.3 is 0 Å². The Balaban J connectivity index is 2.93. The van der Waals surface area contributed by atoms with E-state index in [2.05, 4.69) is 32.6 Å². The Morgan fingerprint density at radius 2 is 2.25 bits per heavy atom. The summed E-state index contributed by atoms with van der Waals surface area (Å²) in [6.07, 6.45) is 4.88. The molecule has 0 aromatic rings. The third-order valence-corrected chi connectivity index (χ3v) is 0.707. The van der Waals surface area contributed by atoms with Crippen molar-refractivity contribution in [3.8, 4) is 23.1 Å². The van der Waals surface area contributed by atoms with Gasteiger partial charge in [-0.15, -0.1) is 6.42 Å². The lowest BCUT2D eigenvalue weighted by Crippen LogP contribution is -1.89. The summed E-state index contributed by atoms with van der Waals surface area (Å²) in [6.45, 7) is 0.733. The van der Waals surface area contributed by atoms with Crippen LogP contribution in [0.15, 0.2) is 0 Å². The van der Waals surface area contributed by atoms with Gasteiger partial charge in [-0.2, -0.15) is 0 Å². The number of hydrogen-bond acceptors (Lipinski definition) is 1. The van der Waals surface area contributed by atoms with E-state index in [-0.39, 0.29) is 0 Å². The van der Waals surface area contributed by atoms with Gasteiger partial charge in [-0.1, -0.05) is 11.8 Å². The van der Waals surface area contributed by atoms with E-state index in [0.717, 1.165) is 0 Å². The number of ether oxygens (including phenoxy) is 1. The minimum absolute atomic E-state index is 0.335. The zero-order chi connectivity index (χ0) is 6.24. The second kappa shape index (κ2) is 6.56. The molecule has 0 aromatic carbocycles. The van der Waals surface area contributed by atoms with Crippen LogP contribution in [0.4, 0.5) is 0 Å². The highest BCUT2D eigenvalue weighted by Gasteiger charge is 1.72. The molecule has 0 radical (unpaired) electrons. The van der Waals surface area contributed by atoms with Crippen molar-refractivity contribution in [1.82, 2.24) is 0 Å². The smallest absolute Gasteiger partial charge is 0.109 e. The van der Waals surface area contributed by atoms with E-state index >= 15 is 0 Å². The first-order chi connectivity index (χ1) is 3.91. The van der Waals surface area contributed by atoms with Crippen LogP contribution in [-0.4, -0.2) is 13.2 Å². The molecule has 0 rings (SSSR count). The topological polar surface area (TPSA) is 9.23 Å². The molecule has 0 saturated carbocycles. The van der Waals surface area contributed by atoms with E-state index in [1.165, 1.54) is 0 Å². The summed E-state index contributed by atoms with van der Waals surface area (Å²) >= 11 is 2.91. The standard InChI is InChI=1S/C6H5BrO/c1-2-5-8-6-3-4-7/h1H,5-6H2. The summed E-state index contributed by atoms with van der Waals surface area (Å²) in [5.41, 5.74) is 0. The number of hydrogen-bond donors (Lipinski definition) is 0. The maximum Gasteiger partial charge on any atom is 0.109 e. The van der Waals surface area contributed by atoms with Crippen molar-refractivity contribution in [2.24, 2.45) is 0 Å². The van der Waals surface area contributed by atoms with Crippen molar-refractivity contribution >= 4 is 15.9 Å². The van der Waals surface area contributed by atoms with Gasteiger partial charge in [0, 0.05) is 15.9 Å². The number of rotatable bonds is 2. The SMILES string of the molecule is C#CCOCC#CBr. The quantitative estimate of drug-likeness (QED) is 0.447. The highest BCUT2D eigenvalue weighted by molar-refractivity contribution is 9.12. The first-order valence-corrected chi connectivity index (χ1v) is 2.81. The minimum Gasteiger partial charge on any atom is -0.356 e. The van der Waals surface area contributed by atoms with E-state index in [1.807, 2.05) is 0 Å². The second-order valence-electron chi connectivity index (χ2n) is 0.968. The van der Waals surface area contributed by atoms with Crippen LogP contribution in [0.3, 0.4) is 0 Å². The average molecular weight is 173 g/mol. The van der Waals surface area contributed by atoms with Gasteiger partial charge in [-0.05, 0) is 4.83 Å². The lowest BCUT2D eigenvalue weighted by Gasteiger charge is -1.86. The Bertz CT molecular complexity index is 135. The van der Waals surface area contributed by atoms with Crippen LogP contribution in [0.2, 0.25) is 0 Å². The van der Waals surface area contributed by atoms with E-state index in [1.54, 1.807) is 0 Å². The van der Waals surface area contributed by atoms with E-state index in [0.29, 0.717) is 13.2 Å². The Morgan fingerprint density at radius 3 is 2.75 bits per heavy atom. The van der Waals surface area contributed by atoms with Gasteiger partial charge in [-0.25, -0.2) is 0 Å². The molecule has 2 heteroatoms. The van der Waals surface area contributed by atoms with E-state index < -0.39 is 0 Å². The Kier molecular flexibility index (Phi) is 6.20. The number of halogens is 1. The summed E-state index contributed by atoms with van der Waals surface area (Å²) in [6, 6.07) is 0. The summed E-state index contributed by atoms with van der Waals surface area (Å²) in [5.74, 6) is 4.95. The molecule has 0 bridgehead atoms. The zero-order valence-electron chi connectivity index (χ0n) is 4.28. The molecule has 0 aromatic heterocycles. The van der Waals surface area contributed by atoms with Crippen molar-refractivity contribution in [2.75, 3.05) is 13.2 Å². The monoisotopic (exact) mass is 172 g/mol. The van der Waals surface area contributed by atoms with Gasteiger partial charge in [0.2, 0.25) is 0 Å². The fourth-order valence-corrected chi connectivity index (χ4v) is 0.303. The minimum atomic E-state index is 0.335. The third-order valence-electron chi connectivity index (χ3n) is 0.426. The summed E-state index contributed by atoms with van der Waals surface area (Å²) in [4.78, 5) is 2.50. The maximum atomic E-state index is 4.88. The Labute approximate surface area is 57.5 Å². The molecule has 0 aliphatic carbocycles. The highest BCUT2D eigenvalue weighted by atomic mass is 79.9. The predicted octanol–water partition coefficient (Wildman–Crippen LogP) is 0.992. The van der Waals surface area contributed by atoms with Crippen molar-refractivity contribution in [1.29, 1.82) is 0 Å². The molecular weight excluding hydrogens is 168 g/mol. The first-order valence-electron chi connectivity index (χ1n) is 2.01. The van der Waals surface area contributed by atoms with Gasteiger partial charge in [0.15, 0.2) is 0 Å². The van der Waals surface area contributed by atoms with Crippen molar-refractivity contribution in [3.05, 3.63) is 0 Å². The van der Waals surface area contributed by atoms with Crippen LogP contribution in [0.1, 0.15) is 0 Å². The fourth-order valence-electron chi connectivity index (χ4n) is 0.188. The van der Waals surface area contributed by atoms with E-state index in [9.17, 15) is 0 Å². The molecular formula is C6H5BrO. The van der Waals surface area contributed by atoms with Crippen LogP contribution in [0, 0.1) is 23.1 Å². The molecule has 0 heterocycles. The molecule has 0 spiro atoms. The molecule has 0 amide bonds. The maximum absolute atomic E-state index is 4.88. The molecule has 0 N–H and O–H groups in total. The van der Waals surface area contributed by atoms with Crippen LogP contribution in [0.25, 0.3) is 0 Å². The van der Waals surface area contributed by atoms with Crippen LogP contribution >= 0.6 is 15.9 Å². The first kappa shape index (κ1) is 7.56. The average Bonchev–Trinajstić information content (AvgIpc) is 1.81. The largest absolute Gasteiger partial charge is 0.356 e. The van der Waals surface area contributed by atoms with Crippen molar-refractivity contribution < 1.29 is 4.74 Å². The van der Waals surface area contributed by atoms with Crippen molar-refractivity contribution in [2.45, 2.75) is 0 Å². The van der Waals surface area contributed by atoms with Gasteiger partial charge in [0.1, 0.15) is 13.2 Å². The van der Waals surface area contributed by atoms with Gasteiger partial charge in [0.05, 0.1) is 0 Å². The Morgan fingerprint density at radius 1 is 1.50 bits per heavy atom. The molecule has 0 unspecified atom stereocenters. The molecule has 8 heavy (non-hydrogen) atoms. The summed E-state index contributed by atoms with van der Waals surface area (Å²) < 4.78 is 4.78. The normalized spacial score (nSPS) is 6.50. The zero-order valence-corrected chi connectivity index (χ0v) is 5.86.